The van der Waals surface area contributed by atoms with Gasteiger partial charge >= 0.3 is 0 Å². The van der Waals surface area contributed by atoms with Gasteiger partial charge in [-0.2, -0.15) is 0 Å². The van der Waals surface area contributed by atoms with Gasteiger partial charge in [0.05, 0.1) is 5.56 Å². The molecule has 0 spiro atoms. The third-order valence-electron chi connectivity index (χ3n) is 4.32. The topological polar surface area (TPSA) is 54.5 Å². The number of nitrogens with zero attached hydrogens (tertiary/aromatic N) is 2. The fourth-order valence-corrected chi connectivity index (χ4v) is 3.73. The Morgan fingerprint density at radius 3 is 2.77 bits per heavy atom. The summed E-state index contributed by atoms with van der Waals surface area (Å²) >= 11 is 1.62. The molecule has 26 heavy (non-hydrogen) atoms. The van der Waals surface area contributed by atoms with Gasteiger partial charge in [0.15, 0.2) is 5.13 Å². The first-order valence-corrected chi connectivity index (χ1v) is 9.45. The van der Waals surface area contributed by atoms with E-state index < -0.39 is 0 Å². The highest BCUT2D eigenvalue weighted by molar-refractivity contribution is 7.13. The maximum atomic E-state index is 12.8. The molecular weight excluding hydrogens is 346 g/mol. The van der Waals surface area contributed by atoms with Crippen molar-refractivity contribution in [3.05, 3.63) is 71.7 Å². The monoisotopic (exact) mass is 365 g/mol. The number of aromatic nitrogens is 1. The van der Waals surface area contributed by atoms with E-state index in [1.165, 1.54) is 0 Å². The van der Waals surface area contributed by atoms with Gasteiger partial charge in [0, 0.05) is 30.7 Å². The molecule has 2 aromatic carbocycles. The summed E-state index contributed by atoms with van der Waals surface area (Å²) in [6, 6.07) is 16.9. The van der Waals surface area contributed by atoms with Crippen LogP contribution in [-0.2, 0) is 0 Å². The second-order valence-corrected chi connectivity index (χ2v) is 7.00. The van der Waals surface area contributed by atoms with Gasteiger partial charge < -0.3 is 15.0 Å². The largest absolute Gasteiger partial charge is 0.457 e. The molecule has 5 nitrogen and oxygen atoms in total. The van der Waals surface area contributed by atoms with Crippen molar-refractivity contribution in [1.82, 2.24) is 10.3 Å². The molecule has 1 aliphatic rings. The van der Waals surface area contributed by atoms with Crippen molar-refractivity contribution in [2.24, 2.45) is 0 Å². The second kappa shape index (κ2) is 7.58. The number of nitrogens with one attached hydrogen (secondary N) is 1. The Morgan fingerprint density at radius 1 is 1.15 bits per heavy atom. The van der Waals surface area contributed by atoms with Gasteiger partial charge in [0.1, 0.15) is 11.5 Å². The molecule has 1 saturated heterocycles. The molecule has 1 aromatic heterocycles. The molecule has 2 heterocycles. The Bertz CT molecular complexity index is 868. The summed E-state index contributed by atoms with van der Waals surface area (Å²) in [4.78, 5) is 19.3. The molecule has 1 amide bonds. The van der Waals surface area contributed by atoms with Crippen molar-refractivity contribution in [2.45, 2.75) is 12.5 Å². The first-order valence-electron chi connectivity index (χ1n) is 8.57. The molecule has 0 bridgehead atoms. The van der Waals surface area contributed by atoms with E-state index in [0.29, 0.717) is 17.1 Å². The Morgan fingerprint density at radius 2 is 1.96 bits per heavy atom. The molecule has 0 aliphatic carbocycles. The van der Waals surface area contributed by atoms with Crippen molar-refractivity contribution in [3.8, 4) is 11.5 Å². The highest BCUT2D eigenvalue weighted by Gasteiger charge is 2.26. The number of carbonyl (C=O) groups is 1. The van der Waals surface area contributed by atoms with E-state index in [4.69, 9.17) is 4.74 Å². The van der Waals surface area contributed by atoms with Crippen molar-refractivity contribution >= 4 is 22.4 Å². The van der Waals surface area contributed by atoms with Crippen LogP contribution in [0.15, 0.2) is 66.2 Å². The summed E-state index contributed by atoms with van der Waals surface area (Å²) in [5, 5.41) is 6.11. The molecule has 1 unspecified atom stereocenters. The van der Waals surface area contributed by atoms with Crippen LogP contribution in [-0.4, -0.2) is 30.0 Å². The Hall–Kier alpha value is -2.86. The summed E-state index contributed by atoms with van der Waals surface area (Å²) in [6.45, 7) is 1.68. The van der Waals surface area contributed by atoms with Crippen LogP contribution in [0.3, 0.4) is 0 Å². The highest BCUT2D eigenvalue weighted by Crippen LogP contribution is 2.26. The summed E-state index contributed by atoms with van der Waals surface area (Å²) in [6.07, 6.45) is 2.72. The van der Waals surface area contributed by atoms with Gasteiger partial charge in [0.2, 0.25) is 0 Å². The fourth-order valence-electron chi connectivity index (χ4n) is 3.05. The lowest BCUT2D eigenvalue weighted by molar-refractivity contribution is 0.0938. The smallest absolute Gasteiger partial charge is 0.255 e. The maximum Gasteiger partial charge on any atom is 0.255 e. The first kappa shape index (κ1) is 16.6. The molecule has 0 radical (unpaired) electrons. The number of para-hydroxylation sites is 2. The molecule has 132 valence electrons. The molecule has 1 atom stereocenters. The average Bonchev–Trinajstić information content (AvgIpc) is 3.34. The highest BCUT2D eigenvalue weighted by atomic mass is 32.1. The molecule has 3 aromatic rings. The van der Waals surface area contributed by atoms with Crippen molar-refractivity contribution in [1.29, 1.82) is 0 Å². The van der Waals surface area contributed by atoms with Crippen LogP contribution in [0.25, 0.3) is 0 Å². The normalized spacial score (nSPS) is 16.5. The number of hydrogen-bond donors (Lipinski definition) is 1. The SMILES string of the molecule is O=C(NC1CCN(c2nccs2)C1)c1ccccc1Oc1ccccc1. The number of anilines is 1. The van der Waals surface area contributed by atoms with Crippen molar-refractivity contribution in [2.75, 3.05) is 18.0 Å². The molecule has 0 saturated carbocycles. The Labute approximate surface area is 156 Å². The summed E-state index contributed by atoms with van der Waals surface area (Å²) < 4.78 is 5.90. The average molecular weight is 365 g/mol. The Kier molecular flexibility index (Phi) is 4.84. The molecule has 4 rings (SSSR count). The first-order chi connectivity index (χ1) is 12.8. The number of benzene rings is 2. The van der Waals surface area contributed by atoms with Gasteiger partial charge in [0.25, 0.3) is 5.91 Å². The van der Waals surface area contributed by atoms with Crippen LogP contribution in [0, 0.1) is 0 Å². The van der Waals surface area contributed by atoms with E-state index in [1.807, 2.05) is 60.1 Å². The van der Waals surface area contributed by atoms with Gasteiger partial charge in [-0.05, 0) is 30.7 Å². The van der Waals surface area contributed by atoms with Gasteiger partial charge in [-0.3, -0.25) is 4.79 Å². The molecule has 1 aliphatic heterocycles. The standard InChI is InChI=1S/C20H19N3O2S/c24-19(22-15-10-12-23(14-15)20-21-11-13-26-20)17-8-4-5-9-18(17)25-16-6-2-1-3-7-16/h1-9,11,13,15H,10,12,14H2,(H,22,24). The zero-order valence-electron chi connectivity index (χ0n) is 14.2. The third kappa shape index (κ3) is 3.70. The van der Waals surface area contributed by atoms with E-state index in [2.05, 4.69) is 15.2 Å². The number of amides is 1. The second-order valence-electron chi connectivity index (χ2n) is 6.13. The van der Waals surface area contributed by atoms with Crippen molar-refractivity contribution in [3.63, 3.8) is 0 Å². The lowest BCUT2D eigenvalue weighted by atomic mass is 10.1. The van der Waals surface area contributed by atoms with Crippen LogP contribution in [0.1, 0.15) is 16.8 Å². The maximum absolute atomic E-state index is 12.8. The third-order valence-corrected chi connectivity index (χ3v) is 5.15. The van der Waals surface area contributed by atoms with E-state index in [9.17, 15) is 4.79 Å². The van der Waals surface area contributed by atoms with E-state index in [0.717, 1.165) is 24.6 Å². The van der Waals surface area contributed by atoms with E-state index in [1.54, 1.807) is 17.4 Å². The minimum atomic E-state index is -0.109. The van der Waals surface area contributed by atoms with E-state index >= 15 is 0 Å². The van der Waals surface area contributed by atoms with Gasteiger partial charge in [-0.25, -0.2) is 4.98 Å². The predicted octanol–water partition coefficient (Wildman–Crippen LogP) is 3.94. The minimum absolute atomic E-state index is 0.108. The molecule has 1 fully saturated rings. The fraction of sp³-hybridized carbons (Fsp3) is 0.200. The predicted molar refractivity (Wildman–Crippen MR) is 103 cm³/mol. The zero-order valence-corrected chi connectivity index (χ0v) is 15.0. The lowest BCUT2D eigenvalue weighted by Gasteiger charge is -2.17. The van der Waals surface area contributed by atoms with E-state index in [-0.39, 0.29) is 11.9 Å². The number of carbonyl (C=O) groups excluding carboxylic acids is 1. The Balaban J connectivity index is 1.44. The van der Waals surface area contributed by atoms with Crippen molar-refractivity contribution < 1.29 is 9.53 Å². The lowest BCUT2D eigenvalue weighted by Crippen LogP contribution is -2.37. The quantitative estimate of drug-likeness (QED) is 0.744. The van der Waals surface area contributed by atoms with Crippen LogP contribution in [0.2, 0.25) is 0 Å². The van der Waals surface area contributed by atoms with Crippen LogP contribution < -0.4 is 15.0 Å². The molecule has 6 heteroatoms. The van der Waals surface area contributed by atoms with Gasteiger partial charge in [-0.15, -0.1) is 11.3 Å². The molecular formula is C20H19N3O2S. The summed E-state index contributed by atoms with van der Waals surface area (Å²) in [7, 11) is 0. The zero-order chi connectivity index (χ0) is 17.8. The van der Waals surface area contributed by atoms with Crippen LogP contribution in [0.5, 0.6) is 11.5 Å². The van der Waals surface area contributed by atoms with Gasteiger partial charge in [-0.1, -0.05) is 30.3 Å². The van der Waals surface area contributed by atoms with Crippen LogP contribution >= 0.6 is 11.3 Å². The van der Waals surface area contributed by atoms with Crippen LogP contribution in [0.4, 0.5) is 5.13 Å². The molecule has 1 N–H and O–H groups in total. The minimum Gasteiger partial charge on any atom is -0.457 e. The number of hydrogen-bond acceptors (Lipinski definition) is 5. The number of thiazole rings is 1. The number of rotatable bonds is 5. The summed E-state index contributed by atoms with van der Waals surface area (Å²) in [5.41, 5.74) is 0.545. The number of ether oxygens (including phenoxy) is 1. The summed E-state index contributed by atoms with van der Waals surface area (Å²) in [5.74, 6) is 1.16.